The zero-order valence-electron chi connectivity index (χ0n) is 18.8. The predicted molar refractivity (Wildman–Crippen MR) is 143 cm³/mol. The maximum absolute atomic E-state index is 5.84. The van der Waals surface area contributed by atoms with Gasteiger partial charge in [0, 0.05) is 22.0 Å². The number of thiophene rings is 1. The van der Waals surface area contributed by atoms with Gasteiger partial charge in [-0.25, -0.2) is 15.0 Å². The third-order valence-corrected chi connectivity index (χ3v) is 5.57. The van der Waals surface area contributed by atoms with Gasteiger partial charge in [0.15, 0.2) is 5.11 Å². The van der Waals surface area contributed by atoms with Gasteiger partial charge < -0.3 is 15.4 Å². The highest BCUT2D eigenvalue weighted by atomic mass is 32.1. The SMILES string of the molecule is Cc1cc(C)nc(NC(=NCc2cccs2)NC(=S)Nc2ccc(Oc3ccccc3)cc2)n1. The lowest BCUT2D eigenvalue weighted by atomic mass is 10.3. The highest BCUT2D eigenvalue weighted by Gasteiger charge is 2.08. The molecule has 4 rings (SSSR count). The Labute approximate surface area is 208 Å². The molecule has 0 amide bonds. The quantitative estimate of drug-likeness (QED) is 0.177. The lowest BCUT2D eigenvalue weighted by molar-refractivity contribution is 0.483. The van der Waals surface area contributed by atoms with Crippen molar-refractivity contribution in [2.24, 2.45) is 4.99 Å². The summed E-state index contributed by atoms with van der Waals surface area (Å²) in [5.74, 6) is 2.44. The molecule has 34 heavy (non-hydrogen) atoms. The van der Waals surface area contributed by atoms with Gasteiger partial charge in [0.2, 0.25) is 11.9 Å². The molecule has 172 valence electrons. The van der Waals surface area contributed by atoms with E-state index in [1.54, 1.807) is 11.3 Å². The maximum atomic E-state index is 5.84. The Bertz CT molecular complexity index is 1240. The number of nitrogens with zero attached hydrogens (tertiary/aromatic N) is 3. The summed E-state index contributed by atoms with van der Waals surface area (Å²) in [6.07, 6.45) is 0. The standard InChI is InChI=1S/C25H24N6OS2/c1-17-15-18(2)28-24(27-17)30-23(26-16-22-9-6-14-34-22)31-25(33)29-19-10-12-21(13-11-19)32-20-7-4-3-5-8-20/h3-15H,16H2,1-2H3,(H3,26,27,28,29,30,31,33). The van der Waals surface area contributed by atoms with E-state index in [4.69, 9.17) is 17.0 Å². The molecule has 0 radical (unpaired) electrons. The number of thiocarbonyl (C=S) groups is 1. The van der Waals surface area contributed by atoms with Gasteiger partial charge in [-0.05, 0) is 80.0 Å². The van der Waals surface area contributed by atoms with E-state index in [9.17, 15) is 0 Å². The number of ether oxygens (including phenoxy) is 1. The molecule has 0 atom stereocenters. The number of hydrogen-bond donors (Lipinski definition) is 3. The van der Waals surface area contributed by atoms with Crippen LogP contribution in [0.5, 0.6) is 11.5 Å². The van der Waals surface area contributed by atoms with E-state index in [1.807, 2.05) is 92.0 Å². The molecule has 0 fully saturated rings. The molecule has 9 heteroatoms. The van der Waals surface area contributed by atoms with Gasteiger partial charge in [-0.15, -0.1) is 11.3 Å². The summed E-state index contributed by atoms with van der Waals surface area (Å²) in [5, 5.41) is 11.9. The van der Waals surface area contributed by atoms with Crippen LogP contribution in [0.25, 0.3) is 0 Å². The van der Waals surface area contributed by atoms with Gasteiger partial charge in [-0.1, -0.05) is 24.3 Å². The van der Waals surface area contributed by atoms with E-state index < -0.39 is 0 Å². The predicted octanol–water partition coefficient (Wildman–Crippen LogP) is 5.90. The van der Waals surface area contributed by atoms with Crippen molar-refractivity contribution in [2.45, 2.75) is 20.4 Å². The van der Waals surface area contributed by atoms with Crippen LogP contribution in [0.2, 0.25) is 0 Å². The van der Waals surface area contributed by atoms with Crippen LogP contribution in [-0.2, 0) is 6.54 Å². The van der Waals surface area contributed by atoms with Crippen LogP contribution in [0.1, 0.15) is 16.3 Å². The van der Waals surface area contributed by atoms with Gasteiger partial charge in [0.25, 0.3) is 0 Å². The molecule has 7 nitrogen and oxygen atoms in total. The van der Waals surface area contributed by atoms with Crippen LogP contribution in [0, 0.1) is 13.8 Å². The molecule has 0 aliphatic carbocycles. The first-order valence-electron chi connectivity index (χ1n) is 10.6. The fourth-order valence-corrected chi connectivity index (χ4v) is 3.90. The highest BCUT2D eigenvalue weighted by Crippen LogP contribution is 2.22. The first kappa shape index (κ1) is 23.3. The third kappa shape index (κ3) is 7.09. The molecular formula is C25H24N6OS2. The Balaban J connectivity index is 1.41. The number of hydrogen-bond acceptors (Lipinski definition) is 6. The molecule has 0 saturated carbocycles. The highest BCUT2D eigenvalue weighted by molar-refractivity contribution is 7.80. The number of rotatable bonds is 6. The van der Waals surface area contributed by atoms with E-state index in [-0.39, 0.29) is 0 Å². The molecule has 2 heterocycles. The smallest absolute Gasteiger partial charge is 0.229 e. The monoisotopic (exact) mass is 488 g/mol. The lowest BCUT2D eigenvalue weighted by Crippen LogP contribution is -2.39. The number of guanidine groups is 1. The summed E-state index contributed by atoms with van der Waals surface area (Å²) in [6.45, 7) is 4.35. The summed E-state index contributed by atoms with van der Waals surface area (Å²) in [7, 11) is 0. The van der Waals surface area contributed by atoms with Crippen LogP contribution < -0.4 is 20.7 Å². The number of anilines is 2. The molecule has 0 aliphatic rings. The van der Waals surface area contributed by atoms with Crippen LogP contribution in [0.3, 0.4) is 0 Å². The molecule has 3 N–H and O–H groups in total. The van der Waals surface area contributed by atoms with Crippen LogP contribution >= 0.6 is 23.6 Å². The number of benzene rings is 2. The van der Waals surface area contributed by atoms with Gasteiger partial charge in [0.05, 0.1) is 6.54 Å². The fourth-order valence-electron chi connectivity index (χ4n) is 3.06. The topological polar surface area (TPSA) is 83.5 Å². The number of aromatic nitrogens is 2. The Kier molecular flexibility index (Phi) is 7.79. The Morgan fingerprint density at radius 2 is 1.62 bits per heavy atom. The first-order chi connectivity index (χ1) is 16.5. The first-order valence-corrected chi connectivity index (χ1v) is 11.9. The second-order valence-corrected chi connectivity index (χ2v) is 8.80. The molecule has 4 aromatic rings. The second kappa shape index (κ2) is 11.4. The number of aliphatic imine (C=N–C) groups is 1. The molecule has 2 aromatic heterocycles. The minimum atomic E-state index is 0.388. The van der Waals surface area contributed by atoms with Crippen molar-refractivity contribution < 1.29 is 4.74 Å². The zero-order chi connectivity index (χ0) is 23.8. The zero-order valence-corrected chi connectivity index (χ0v) is 20.4. The Hall–Kier alpha value is -3.82. The van der Waals surface area contributed by atoms with Gasteiger partial charge in [-0.2, -0.15) is 0 Å². The van der Waals surface area contributed by atoms with Crippen molar-refractivity contribution >= 4 is 46.3 Å². The average molecular weight is 489 g/mol. The van der Waals surface area contributed by atoms with Crippen LogP contribution in [0.4, 0.5) is 11.6 Å². The van der Waals surface area contributed by atoms with Gasteiger partial charge >= 0.3 is 0 Å². The van der Waals surface area contributed by atoms with Crippen molar-refractivity contribution in [3.8, 4) is 11.5 Å². The third-order valence-electron chi connectivity index (χ3n) is 4.51. The molecule has 0 saturated heterocycles. The summed E-state index contributed by atoms with van der Waals surface area (Å²) in [4.78, 5) is 14.6. The molecule has 2 aromatic carbocycles. The fraction of sp³-hybridized carbons (Fsp3) is 0.120. The molecule has 0 unspecified atom stereocenters. The summed E-state index contributed by atoms with van der Waals surface area (Å²) < 4.78 is 5.84. The second-order valence-electron chi connectivity index (χ2n) is 7.36. The summed E-state index contributed by atoms with van der Waals surface area (Å²) in [5.41, 5.74) is 2.55. The minimum Gasteiger partial charge on any atom is -0.457 e. The molecule has 0 aliphatic heterocycles. The van der Waals surface area contributed by atoms with E-state index in [0.717, 1.165) is 33.5 Å². The van der Waals surface area contributed by atoms with Crippen molar-refractivity contribution in [1.29, 1.82) is 0 Å². The molecular weight excluding hydrogens is 464 g/mol. The van der Waals surface area contributed by atoms with Gasteiger partial charge in [-0.3, -0.25) is 5.32 Å². The Morgan fingerprint density at radius 1 is 0.912 bits per heavy atom. The average Bonchev–Trinajstić information content (AvgIpc) is 3.33. The number of para-hydroxylation sites is 1. The minimum absolute atomic E-state index is 0.388. The number of aryl methyl sites for hydroxylation is 2. The van der Waals surface area contributed by atoms with Crippen molar-refractivity contribution in [3.63, 3.8) is 0 Å². The van der Waals surface area contributed by atoms with Crippen molar-refractivity contribution in [3.05, 3.63) is 94.4 Å². The summed E-state index contributed by atoms with van der Waals surface area (Å²) >= 11 is 7.16. The van der Waals surface area contributed by atoms with E-state index in [1.165, 1.54) is 0 Å². The van der Waals surface area contributed by atoms with Crippen molar-refractivity contribution in [2.75, 3.05) is 10.6 Å². The van der Waals surface area contributed by atoms with Gasteiger partial charge in [0.1, 0.15) is 11.5 Å². The normalized spacial score (nSPS) is 11.1. The van der Waals surface area contributed by atoms with Crippen LogP contribution in [0.15, 0.2) is 83.2 Å². The van der Waals surface area contributed by atoms with Crippen LogP contribution in [-0.4, -0.2) is 21.0 Å². The lowest BCUT2D eigenvalue weighted by Gasteiger charge is -2.14. The Morgan fingerprint density at radius 3 is 2.29 bits per heavy atom. The summed E-state index contributed by atoms with van der Waals surface area (Å²) in [6, 6.07) is 23.2. The molecule has 0 bridgehead atoms. The van der Waals surface area contributed by atoms with E-state index >= 15 is 0 Å². The maximum Gasteiger partial charge on any atom is 0.229 e. The van der Waals surface area contributed by atoms with E-state index in [2.05, 4.69) is 30.9 Å². The van der Waals surface area contributed by atoms with E-state index in [0.29, 0.717) is 23.6 Å². The number of nitrogens with one attached hydrogen (secondary N) is 3. The largest absolute Gasteiger partial charge is 0.457 e. The van der Waals surface area contributed by atoms with Crippen molar-refractivity contribution in [1.82, 2.24) is 15.3 Å². The molecule has 0 spiro atoms.